The van der Waals surface area contributed by atoms with Crippen LogP contribution in [0.1, 0.15) is 5.82 Å². The number of aromatic nitrogens is 4. The number of H-pyrrole nitrogens is 1. The first-order valence-electron chi connectivity index (χ1n) is 6.32. The standard InChI is InChI=1S/C13H11F3N4OS/c14-13(15,16)8-20-6-5-17-11(20)7-22(21)12-18-9-3-1-2-4-10(9)19-12/h1-6H,7-8H2,(H,18,19). The van der Waals surface area contributed by atoms with Gasteiger partial charge in [0, 0.05) is 12.4 Å². The van der Waals surface area contributed by atoms with E-state index in [1.165, 1.54) is 12.4 Å². The summed E-state index contributed by atoms with van der Waals surface area (Å²) in [6.45, 7) is -1.15. The minimum atomic E-state index is -4.35. The van der Waals surface area contributed by atoms with Gasteiger partial charge in [0.05, 0.1) is 27.6 Å². The maximum atomic E-state index is 12.5. The molecule has 1 N–H and O–H groups in total. The SMILES string of the molecule is O=S(Cc1nccn1CC(F)(F)F)c1nc2ccccc2[nH]1. The van der Waals surface area contributed by atoms with Crippen molar-refractivity contribution in [1.82, 2.24) is 19.5 Å². The highest BCUT2D eigenvalue weighted by Gasteiger charge is 2.29. The van der Waals surface area contributed by atoms with Crippen molar-refractivity contribution in [2.24, 2.45) is 0 Å². The minimum absolute atomic E-state index is 0.108. The number of hydrogen-bond donors (Lipinski definition) is 1. The minimum Gasteiger partial charge on any atom is -0.331 e. The van der Waals surface area contributed by atoms with Gasteiger partial charge < -0.3 is 9.55 Å². The first kappa shape index (κ1) is 14.8. The predicted molar refractivity (Wildman–Crippen MR) is 74.5 cm³/mol. The van der Waals surface area contributed by atoms with Crippen LogP contribution in [-0.4, -0.2) is 29.9 Å². The van der Waals surface area contributed by atoms with Gasteiger partial charge in [0.25, 0.3) is 0 Å². The normalized spacial score (nSPS) is 13.6. The summed E-state index contributed by atoms with van der Waals surface area (Å²) in [6, 6.07) is 7.15. The zero-order chi connectivity index (χ0) is 15.7. The molecule has 116 valence electrons. The summed E-state index contributed by atoms with van der Waals surface area (Å²) in [6.07, 6.45) is -1.87. The van der Waals surface area contributed by atoms with Gasteiger partial charge in [-0.3, -0.25) is 4.21 Å². The maximum Gasteiger partial charge on any atom is 0.406 e. The number of rotatable bonds is 4. The van der Waals surface area contributed by atoms with E-state index in [4.69, 9.17) is 0 Å². The summed E-state index contributed by atoms with van der Waals surface area (Å²) < 4.78 is 50.6. The van der Waals surface area contributed by atoms with E-state index < -0.39 is 23.5 Å². The lowest BCUT2D eigenvalue weighted by atomic mass is 10.3. The van der Waals surface area contributed by atoms with Gasteiger partial charge in [-0.2, -0.15) is 13.2 Å². The summed E-state index contributed by atoms with van der Waals surface area (Å²) in [4.78, 5) is 10.9. The van der Waals surface area contributed by atoms with Crippen molar-refractivity contribution in [3.63, 3.8) is 0 Å². The fourth-order valence-electron chi connectivity index (χ4n) is 2.04. The van der Waals surface area contributed by atoms with Crippen LogP contribution in [-0.2, 0) is 23.1 Å². The monoisotopic (exact) mass is 328 g/mol. The molecule has 0 aliphatic rings. The van der Waals surface area contributed by atoms with E-state index in [0.717, 1.165) is 10.1 Å². The molecule has 1 unspecified atom stereocenters. The van der Waals surface area contributed by atoms with Crippen LogP contribution in [0.25, 0.3) is 11.0 Å². The smallest absolute Gasteiger partial charge is 0.331 e. The van der Waals surface area contributed by atoms with E-state index >= 15 is 0 Å². The molecule has 0 amide bonds. The second-order valence-corrected chi connectivity index (χ2v) is 6.00. The molecule has 2 heterocycles. The molecule has 9 heteroatoms. The molecule has 1 atom stereocenters. The van der Waals surface area contributed by atoms with Gasteiger partial charge in [-0.1, -0.05) is 12.1 Å². The number of nitrogens with one attached hydrogen (secondary N) is 1. The zero-order valence-corrected chi connectivity index (χ0v) is 12.0. The van der Waals surface area contributed by atoms with Crippen molar-refractivity contribution in [3.8, 4) is 0 Å². The molecule has 3 rings (SSSR count). The van der Waals surface area contributed by atoms with Gasteiger partial charge in [-0.25, -0.2) is 9.97 Å². The van der Waals surface area contributed by atoms with E-state index in [9.17, 15) is 17.4 Å². The Balaban J connectivity index is 1.81. The number of hydrogen-bond acceptors (Lipinski definition) is 3. The van der Waals surface area contributed by atoms with Crippen LogP contribution >= 0.6 is 0 Å². The van der Waals surface area contributed by atoms with Crippen molar-refractivity contribution >= 4 is 21.8 Å². The van der Waals surface area contributed by atoms with Gasteiger partial charge in [0.2, 0.25) is 0 Å². The molecule has 22 heavy (non-hydrogen) atoms. The molecule has 1 aromatic carbocycles. The third kappa shape index (κ3) is 3.19. The van der Waals surface area contributed by atoms with Crippen molar-refractivity contribution in [2.45, 2.75) is 23.6 Å². The summed E-state index contributed by atoms with van der Waals surface area (Å²) in [7, 11) is -1.60. The molecular formula is C13H11F3N4OS. The second kappa shape index (κ2) is 5.56. The number of benzene rings is 1. The lowest BCUT2D eigenvalue weighted by Gasteiger charge is -2.09. The number of nitrogens with zero attached hydrogens (tertiary/aromatic N) is 3. The number of para-hydroxylation sites is 2. The predicted octanol–water partition coefficient (Wildman–Crippen LogP) is 2.63. The Kier molecular flexibility index (Phi) is 3.73. The Bertz CT molecular complexity index is 791. The van der Waals surface area contributed by atoms with Crippen molar-refractivity contribution < 1.29 is 17.4 Å². The molecule has 0 aliphatic carbocycles. The summed E-state index contributed by atoms with van der Waals surface area (Å²) in [5, 5.41) is 0.225. The second-order valence-electron chi connectivity index (χ2n) is 4.64. The van der Waals surface area contributed by atoms with E-state index in [1.807, 2.05) is 6.07 Å². The Morgan fingerprint density at radius 2 is 2.05 bits per heavy atom. The number of fused-ring (bicyclic) bond motifs is 1. The quantitative estimate of drug-likeness (QED) is 0.801. The molecule has 5 nitrogen and oxygen atoms in total. The van der Waals surface area contributed by atoms with Crippen molar-refractivity contribution in [2.75, 3.05) is 0 Å². The number of aromatic amines is 1. The van der Waals surface area contributed by atoms with Gasteiger partial charge in [-0.05, 0) is 12.1 Å². The van der Waals surface area contributed by atoms with Crippen LogP contribution in [0.3, 0.4) is 0 Å². The average molecular weight is 328 g/mol. The highest BCUT2D eigenvalue weighted by Crippen LogP contribution is 2.20. The summed E-state index contributed by atoms with van der Waals surface area (Å²) in [5.74, 6) is -0.0285. The first-order chi connectivity index (χ1) is 10.4. The molecule has 0 spiro atoms. The van der Waals surface area contributed by atoms with E-state index in [1.54, 1.807) is 18.2 Å². The lowest BCUT2D eigenvalue weighted by Crippen LogP contribution is -2.19. The van der Waals surface area contributed by atoms with Crippen LogP contribution in [0, 0.1) is 0 Å². The highest BCUT2D eigenvalue weighted by molar-refractivity contribution is 7.84. The topological polar surface area (TPSA) is 63.6 Å². The van der Waals surface area contributed by atoms with Gasteiger partial charge in [-0.15, -0.1) is 0 Å². The number of halogens is 3. The van der Waals surface area contributed by atoms with Crippen LogP contribution in [0.4, 0.5) is 13.2 Å². The fourth-order valence-corrected chi connectivity index (χ4v) is 3.08. The molecule has 0 saturated carbocycles. The third-order valence-corrected chi connectivity index (χ3v) is 4.14. The van der Waals surface area contributed by atoms with Gasteiger partial charge in [0.1, 0.15) is 12.4 Å². The Morgan fingerprint density at radius 1 is 1.27 bits per heavy atom. The molecule has 0 fully saturated rings. The van der Waals surface area contributed by atoms with Crippen LogP contribution < -0.4 is 0 Å². The van der Waals surface area contributed by atoms with Gasteiger partial charge >= 0.3 is 6.18 Å². The number of alkyl halides is 3. The third-order valence-electron chi connectivity index (χ3n) is 2.99. The van der Waals surface area contributed by atoms with Crippen molar-refractivity contribution in [3.05, 3.63) is 42.5 Å². The molecule has 2 aromatic heterocycles. The molecule has 0 saturated heterocycles. The zero-order valence-electron chi connectivity index (χ0n) is 11.2. The largest absolute Gasteiger partial charge is 0.406 e. The lowest BCUT2D eigenvalue weighted by molar-refractivity contribution is -0.141. The van der Waals surface area contributed by atoms with E-state index in [2.05, 4.69) is 15.0 Å². The molecular weight excluding hydrogens is 317 g/mol. The van der Waals surface area contributed by atoms with Crippen LogP contribution in [0.2, 0.25) is 0 Å². The molecule has 0 aliphatic heterocycles. The summed E-state index contributed by atoms with van der Waals surface area (Å²) in [5.41, 5.74) is 1.38. The highest BCUT2D eigenvalue weighted by atomic mass is 32.2. The van der Waals surface area contributed by atoms with Gasteiger partial charge in [0.15, 0.2) is 5.16 Å². The summed E-state index contributed by atoms with van der Waals surface area (Å²) >= 11 is 0. The molecule has 3 aromatic rings. The first-order valence-corrected chi connectivity index (χ1v) is 7.64. The number of imidazole rings is 2. The Hall–Kier alpha value is -2.16. The van der Waals surface area contributed by atoms with E-state index in [0.29, 0.717) is 5.52 Å². The van der Waals surface area contributed by atoms with Crippen LogP contribution in [0.5, 0.6) is 0 Å². The maximum absolute atomic E-state index is 12.5. The van der Waals surface area contributed by atoms with Crippen LogP contribution in [0.15, 0.2) is 41.8 Å². The van der Waals surface area contributed by atoms with E-state index in [-0.39, 0.29) is 16.7 Å². The average Bonchev–Trinajstić information content (AvgIpc) is 3.04. The van der Waals surface area contributed by atoms with Crippen molar-refractivity contribution in [1.29, 1.82) is 0 Å². The fraction of sp³-hybridized carbons (Fsp3) is 0.231. The molecule has 0 radical (unpaired) electrons. The molecule has 0 bridgehead atoms. The Morgan fingerprint density at radius 3 is 2.77 bits per heavy atom. The Labute approximate surface area is 125 Å².